The summed E-state index contributed by atoms with van der Waals surface area (Å²) in [7, 11) is 0. The van der Waals surface area contributed by atoms with Crippen LogP contribution in [-0.4, -0.2) is 17.7 Å². The Bertz CT molecular complexity index is 451. The first-order valence-corrected chi connectivity index (χ1v) is 7.74. The lowest BCUT2D eigenvalue weighted by Gasteiger charge is -2.14. The van der Waals surface area contributed by atoms with Crippen molar-refractivity contribution in [2.45, 2.75) is 44.6 Å². The molecule has 1 aromatic rings. The molecule has 20 heavy (non-hydrogen) atoms. The number of thioether (sulfide) groups is 1. The molecule has 0 aromatic heterocycles. The van der Waals surface area contributed by atoms with E-state index in [0.29, 0.717) is 10.8 Å². The summed E-state index contributed by atoms with van der Waals surface area (Å²) in [4.78, 5) is 12.3. The van der Waals surface area contributed by atoms with Gasteiger partial charge in [0.1, 0.15) is 0 Å². The normalized spacial score (nSPS) is 12.5. The molecule has 0 aliphatic carbocycles. The van der Waals surface area contributed by atoms with Gasteiger partial charge in [0.05, 0.1) is 5.75 Å². The number of carbonyl (C=O) groups excluding carboxylic acids is 1. The van der Waals surface area contributed by atoms with Crippen LogP contribution in [0, 0.1) is 17.6 Å². The molecule has 0 saturated carbocycles. The summed E-state index contributed by atoms with van der Waals surface area (Å²) >= 11 is 1.20. The Morgan fingerprint density at radius 3 is 2.50 bits per heavy atom. The van der Waals surface area contributed by atoms with Gasteiger partial charge >= 0.3 is 0 Å². The van der Waals surface area contributed by atoms with Gasteiger partial charge in [-0.2, -0.15) is 0 Å². The van der Waals surface area contributed by atoms with Crippen molar-refractivity contribution in [3.63, 3.8) is 0 Å². The third kappa shape index (κ3) is 6.37. The van der Waals surface area contributed by atoms with E-state index in [-0.39, 0.29) is 17.7 Å². The van der Waals surface area contributed by atoms with Crippen molar-refractivity contribution >= 4 is 17.7 Å². The third-order valence-electron chi connectivity index (χ3n) is 2.85. The minimum absolute atomic E-state index is 0.0870. The summed E-state index contributed by atoms with van der Waals surface area (Å²) < 4.78 is 25.8. The number of benzene rings is 1. The van der Waals surface area contributed by atoms with Crippen molar-refractivity contribution in [2.24, 2.45) is 5.92 Å². The second-order valence-corrected chi connectivity index (χ2v) is 6.35. The number of hydrogen-bond acceptors (Lipinski definition) is 2. The number of halogens is 2. The van der Waals surface area contributed by atoms with E-state index in [4.69, 9.17) is 0 Å². The molecule has 112 valence electrons. The molecule has 0 heterocycles. The Hall–Kier alpha value is -1.10. The molecule has 1 rings (SSSR count). The van der Waals surface area contributed by atoms with Crippen LogP contribution in [0.1, 0.15) is 33.6 Å². The van der Waals surface area contributed by atoms with Gasteiger partial charge in [-0.25, -0.2) is 8.78 Å². The van der Waals surface area contributed by atoms with E-state index >= 15 is 0 Å². The number of hydrogen-bond donors (Lipinski definition) is 1. The lowest BCUT2D eigenvalue weighted by atomic mass is 10.0. The SMILES string of the molecule is CC(C)CCC(C)NC(=O)CSc1ccc(F)c(F)c1. The highest BCUT2D eigenvalue weighted by molar-refractivity contribution is 8.00. The monoisotopic (exact) mass is 301 g/mol. The van der Waals surface area contributed by atoms with Crippen molar-refractivity contribution in [1.82, 2.24) is 5.32 Å². The molecular formula is C15H21F2NOS. The second kappa shape index (κ2) is 8.25. The average Bonchev–Trinajstić information content (AvgIpc) is 2.38. The molecule has 0 aliphatic heterocycles. The van der Waals surface area contributed by atoms with Crippen LogP contribution in [0.25, 0.3) is 0 Å². The fourth-order valence-electron chi connectivity index (χ4n) is 1.69. The van der Waals surface area contributed by atoms with Crippen molar-refractivity contribution < 1.29 is 13.6 Å². The number of carbonyl (C=O) groups is 1. The highest BCUT2D eigenvalue weighted by Gasteiger charge is 2.09. The molecule has 1 unspecified atom stereocenters. The summed E-state index contributed by atoms with van der Waals surface area (Å²) in [5, 5.41) is 2.90. The molecule has 0 fully saturated rings. The molecule has 2 nitrogen and oxygen atoms in total. The highest BCUT2D eigenvalue weighted by Crippen LogP contribution is 2.20. The zero-order valence-electron chi connectivity index (χ0n) is 12.1. The molecule has 0 bridgehead atoms. The first kappa shape index (κ1) is 17.0. The highest BCUT2D eigenvalue weighted by atomic mass is 32.2. The Kier molecular flexibility index (Phi) is 6.99. The predicted molar refractivity (Wildman–Crippen MR) is 78.8 cm³/mol. The van der Waals surface area contributed by atoms with E-state index in [1.807, 2.05) is 6.92 Å². The van der Waals surface area contributed by atoms with Crippen molar-refractivity contribution in [2.75, 3.05) is 5.75 Å². The number of rotatable bonds is 7. The second-order valence-electron chi connectivity index (χ2n) is 5.30. The van der Waals surface area contributed by atoms with Crippen LogP contribution in [0.3, 0.4) is 0 Å². The molecule has 0 saturated heterocycles. The van der Waals surface area contributed by atoms with Gasteiger partial charge in [-0.3, -0.25) is 4.79 Å². The van der Waals surface area contributed by atoms with Crippen LogP contribution >= 0.6 is 11.8 Å². The van der Waals surface area contributed by atoms with Gasteiger partial charge < -0.3 is 5.32 Å². The van der Waals surface area contributed by atoms with Crippen LogP contribution in [0.5, 0.6) is 0 Å². The van der Waals surface area contributed by atoms with Gasteiger partial charge in [-0.05, 0) is 43.9 Å². The quantitative estimate of drug-likeness (QED) is 0.771. The van der Waals surface area contributed by atoms with Gasteiger partial charge in [0, 0.05) is 10.9 Å². The topological polar surface area (TPSA) is 29.1 Å². The fraction of sp³-hybridized carbons (Fsp3) is 0.533. The maximum Gasteiger partial charge on any atom is 0.230 e. The van der Waals surface area contributed by atoms with Gasteiger partial charge in [-0.1, -0.05) is 13.8 Å². The lowest BCUT2D eigenvalue weighted by Crippen LogP contribution is -2.34. The van der Waals surface area contributed by atoms with Crippen LogP contribution in [-0.2, 0) is 4.79 Å². The molecule has 1 aromatic carbocycles. The van der Waals surface area contributed by atoms with E-state index in [9.17, 15) is 13.6 Å². The number of amides is 1. The Morgan fingerprint density at radius 1 is 1.20 bits per heavy atom. The Balaban J connectivity index is 2.33. The van der Waals surface area contributed by atoms with Crippen molar-refractivity contribution in [1.29, 1.82) is 0 Å². The van der Waals surface area contributed by atoms with Gasteiger partial charge in [0.25, 0.3) is 0 Å². The molecule has 1 atom stereocenters. The van der Waals surface area contributed by atoms with Gasteiger partial charge in [-0.15, -0.1) is 11.8 Å². The van der Waals surface area contributed by atoms with Gasteiger partial charge in [0.2, 0.25) is 5.91 Å². The maximum absolute atomic E-state index is 13.0. The Morgan fingerprint density at radius 2 is 1.90 bits per heavy atom. The van der Waals surface area contributed by atoms with E-state index in [1.54, 1.807) is 0 Å². The van der Waals surface area contributed by atoms with Crippen molar-refractivity contribution in [3.8, 4) is 0 Å². The molecule has 1 amide bonds. The number of nitrogens with one attached hydrogen (secondary N) is 1. The fourth-order valence-corrected chi connectivity index (χ4v) is 2.42. The summed E-state index contributed by atoms with van der Waals surface area (Å²) in [6.45, 7) is 6.27. The lowest BCUT2D eigenvalue weighted by molar-refractivity contribution is -0.119. The van der Waals surface area contributed by atoms with E-state index in [0.717, 1.165) is 25.0 Å². The average molecular weight is 301 g/mol. The van der Waals surface area contributed by atoms with E-state index < -0.39 is 11.6 Å². The van der Waals surface area contributed by atoms with E-state index in [1.165, 1.54) is 17.8 Å². The minimum Gasteiger partial charge on any atom is -0.353 e. The standard InChI is InChI=1S/C15H21F2NOS/c1-10(2)4-5-11(3)18-15(19)9-20-12-6-7-13(16)14(17)8-12/h6-8,10-11H,4-5,9H2,1-3H3,(H,18,19). The first-order chi connectivity index (χ1) is 9.38. The minimum atomic E-state index is -0.888. The molecule has 0 radical (unpaired) electrons. The zero-order chi connectivity index (χ0) is 15.1. The predicted octanol–water partition coefficient (Wildman–Crippen LogP) is 4.00. The maximum atomic E-state index is 13.0. The summed E-state index contributed by atoms with van der Waals surface area (Å²) in [6.07, 6.45) is 2.01. The summed E-state index contributed by atoms with van der Waals surface area (Å²) in [6, 6.07) is 3.78. The molecule has 0 spiro atoms. The van der Waals surface area contributed by atoms with Gasteiger partial charge in [0.15, 0.2) is 11.6 Å². The van der Waals surface area contributed by atoms with Crippen LogP contribution < -0.4 is 5.32 Å². The van der Waals surface area contributed by atoms with Crippen LogP contribution in [0.15, 0.2) is 23.1 Å². The molecule has 0 aliphatic rings. The van der Waals surface area contributed by atoms with E-state index in [2.05, 4.69) is 19.2 Å². The van der Waals surface area contributed by atoms with Crippen LogP contribution in [0.4, 0.5) is 8.78 Å². The largest absolute Gasteiger partial charge is 0.353 e. The molecule has 1 N–H and O–H groups in total. The summed E-state index contributed by atoms with van der Waals surface area (Å²) in [5.74, 6) is -1.03. The third-order valence-corrected chi connectivity index (χ3v) is 3.84. The van der Waals surface area contributed by atoms with Crippen LogP contribution in [0.2, 0.25) is 0 Å². The molecule has 5 heteroatoms. The zero-order valence-corrected chi connectivity index (χ0v) is 12.9. The van der Waals surface area contributed by atoms with Crippen molar-refractivity contribution in [3.05, 3.63) is 29.8 Å². The smallest absolute Gasteiger partial charge is 0.230 e. The summed E-state index contributed by atoms with van der Waals surface area (Å²) in [5.41, 5.74) is 0. The Labute approximate surface area is 123 Å². The molecular weight excluding hydrogens is 280 g/mol. The first-order valence-electron chi connectivity index (χ1n) is 6.75.